The van der Waals surface area contributed by atoms with Gasteiger partial charge >= 0.3 is 6.03 Å². The Morgan fingerprint density at radius 1 is 1.17 bits per heavy atom. The molecule has 156 valence electrons. The van der Waals surface area contributed by atoms with Crippen LogP contribution in [0.15, 0.2) is 24.3 Å². The predicted octanol–water partition coefficient (Wildman–Crippen LogP) is 1.59. The molecule has 29 heavy (non-hydrogen) atoms. The highest BCUT2D eigenvalue weighted by molar-refractivity contribution is 6.30. The quantitative estimate of drug-likeness (QED) is 0.732. The number of urea groups is 1. The fraction of sp³-hybridized carbons (Fsp3) is 0.500. The Balaban J connectivity index is 1.71. The van der Waals surface area contributed by atoms with E-state index in [-0.39, 0.29) is 36.2 Å². The van der Waals surface area contributed by atoms with Gasteiger partial charge in [0.2, 0.25) is 5.91 Å². The smallest absolute Gasteiger partial charge is 0.327 e. The summed E-state index contributed by atoms with van der Waals surface area (Å²) < 4.78 is 0. The summed E-state index contributed by atoms with van der Waals surface area (Å²) in [5.41, 5.74) is 0.410. The second-order valence-electron chi connectivity index (χ2n) is 7.56. The fourth-order valence-electron chi connectivity index (χ4n) is 3.68. The van der Waals surface area contributed by atoms with Gasteiger partial charge in [0.1, 0.15) is 12.1 Å². The maximum atomic E-state index is 13.2. The maximum Gasteiger partial charge on any atom is 0.327 e. The van der Waals surface area contributed by atoms with Crippen molar-refractivity contribution in [1.29, 1.82) is 0 Å². The van der Waals surface area contributed by atoms with Crippen LogP contribution in [0.4, 0.5) is 4.79 Å². The topological polar surface area (TPSA) is 90.0 Å². The molecular weight excluding hydrogens is 396 g/mol. The molecular formula is C20H25ClN4O4. The van der Waals surface area contributed by atoms with E-state index in [1.165, 1.54) is 9.80 Å². The third kappa shape index (κ3) is 4.07. The molecule has 0 bridgehead atoms. The number of rotatable bonds is 5. The van der Waals surface area contributed by atoms with Crippen molar-refractivity contribution in [3.63, 3.8) is 0 Å². The summed E-state index contributed by atoms with van der Waals surface area (Å²) >= 11 is 5.86. The summed E-state index contributed by atoms with van der Waals surface area (Å²) in [4.78, 5) is 54.8. The highest BCUT2D eigenvalue weighted by Crippen LogP contribution is 2.23. The number of halogens is 1. The van der Waals surface area contributed by atoms with E-state index in [0.717, 1.165) is 0 Å². The second kappa shape index (κ2) is 8.41. The zero-order chi connectivity index (χ0) is 21.3. The van der Waals surface area contributed by atoms with Crippen molar-refractivity contribution in [3.05, 3.63) is 34.9 Å². The number of fused-ring (bicyclic) bond motifs is 1. The largest absolute Gasteiger partial charge is 0.340 e. The van der Waals surface area contributed by atoms with Crippen molar-refractivity contribution >= 4 is 35.4 Å². The Morgan fingerprint density at radius 3 is 2.41 bits per heavy atom. The Labute approximate surface area is 174 Å². The van der Waals surface area contributed by atoms with Gasteiger partial charge in [-0.3, -0.25) is 19.3 Å². The lowest BCUT2D eigenvalue weighted by Crippen LogP contribution is -2.59. The van der Waals surface area contributed by atoms with E-state index in [4.69, 9.17) is 11.6 Å². The van der Waals surface area contributed by atoms with Crippen molar-refractivity contribution in [3.8, 4) is 0 Å². The van der Waals surface area contributed by atoms with E-state index < -0.39 is 12.1 Å². The molecule has 2 unspecified atom stereocenters. The minimum absolute atomic E-state index is 0.139. The summed E-state index contributed by atoms with van der Waals surface area (Å²) in [7, 11) is 0. The van der Waals surface area contributed by atoms with Gasteiger partial charge in [-0.25, -0.2) is 4.79 Å². The van der Waals surface area contributed by atoms with Crippen LogP contribution in [0.25, 0.3) is 0 Å². The number of amides is 5. The van der Waals surface area contributed by atoms with Crippen LogP contribution in [0.1, 0.15) is 31.1 Å². The van der Waals surface area contributed by atoms with Crippen LogP contribution < -0.4 is 5.32 Å². The molecule has 2 heterocycles. The highest BCUT2D eigenvalue weighted by Gasteiger charge is 2.48. The van der Waals surface area contributed by atoms with Crippen molar-refractivity contribution < 1.29 is 19.2 Å². The van der Waals surface area contributed by atoms with E-state index in [1.54, 1.807) is 36.1 Å². The van der Waals surface area contributed by atoms with Crippen molar-refractivity contribution in [1.82, 2.24) is 20.0 Å². The van der Waals surface area contributed by atoms with Gasteiger partial charge in [-0.15, -0.1) is 0 Å². The average Bonchev–Trinajstić information content (AvgIpc) is 2.95. The molecule has 0 saturated carbocycles. The van der Waals surface area contributed by atoms with Gasteiger partial charge in [-0.2, -0.15) is 0 Å². The SMILES string of the molecule is CCN1C(=O)C2CN(C(=O)C(NC(=O)c3ccc(Cl)cc3)C(C)C)CCN2C1=O. The third-order valence-electron chi connectivity index (χ3n) is 5.36. The molecule has 3 rings (SSSR count). The molecule has 0 spiro atoms. The molecule has 2 saturated heterocycles. The van der Waals surface area contributed by atoms with Crippen LogP contribution in [-0.2, 0) is 9.59 Å². The first-order chi connectivity index (χ1) is 13.7. The molecule has 2 aliphatic heterocycles. The number of hydrogen-bond donors (Lipinski definition) is 1. The van der Waals surface area contributed by atoms with Crippen LogP contribution in [0.2, 0.25) is 5.02 Å². The van der Waals surface area contributed by atoms with E-state index in [0.29, 0.717) is 30.2 Å². The van der Waals surface area contributed by atoms with Crippen LogP contribution in [-0.4, -0.2) is 76.7 Å². The van der Waals surface area contributed by atoms with Gasteiger partial charge in [0.15, 0.2) is 0 Å². The van der Waals surface area contributed by atoms with Crippen molar-refractivity contribution in [2.45, 2.75) is 32.9 Å². The minimum atomic E-state index is -0.737. The first kappa shape index (κ1) is 21.1. The monoisotopic (exact) mass is 420 g/mol. The van der Waals surface area contributed by atoms with Crippen LogP contribution in [0, 0.1) is 5.92 Å². The minimum Gasteiger partial charge on any atom is -0.340 e. The molecule has 1 aromatic rings. The van der Waals surface area contributed by atoms with Crippen LogP contribution >= 0.6 is 11.6 Å². The molecule has 0 radical (unpaired) electrons. The number of hydrogen-bond acceptors (Lipinski definition) is 4. The Morgan fingerprint density at radius 2 is 1.83 bits per heavy atom. The van der Waals surface area contributed by atoms with Crippen LogP contribution in [0.5, 0.6) is 0 Å². The Hall–Kier alpha value is -2.61. The van der Waals surface area contributed by atoms with E-state index in [1.807, 2.05) is 13.8 Å². The number of nitrogens with one attached hydrogen (secondary N) is 1. The number of carbonyl (C=O) groups is 4. The molecule has 0 aliphatic carbocycles. The lowest BCUT2D eigenvalue weighted by atomic mass is 10.0. The molecule has 1 N–H and O–H groups in total. The van der Waals surface area contributed by atoms with Crippen LogP contribution in [0.3, 0.4) is 0 Å². The first-order valence-electron chi connectivity index (χ1n) is 9.71. The molecule has 1 aromatic carbocycles. The van der Waals surface area contributed by atoms with E-state index in [9.17, 15) is 19.2 Å². The number of imide groups is 1. The summed E-state index contributed by atoms with van der Waals surface area (Å²) in [6.07, 6.45) is 0. The van der Waals surface area contributed by atoms with Gasteiger partial charge in [0.05, 0.1) is 6.54 Å². The number of likely N-dealkylation sites (N-methyl/N-ethyl adjacent to an activating group) is 1. The number of nitrogens with zero attached hydrogens (tertiary/aromatic N) is 3. The third-order valence-corrected chi connectivity index (χ3v) is 5.61. The lowest BCUT2D eigenvalue weighted by Gasteiger charge is -2.37. The van der Waals surface area contributed by atoms with Gasteiger partial charge < -0.3 is 15.1 Å². The van der Waals surface area contributed by atoms with Gasteiger partial charge in [0.25, 0.3) is 11.8 Å². The first-order valence-corrected chi connectivity index (χ1v) is 10.1. The molecule has 0 aromatic heterocycles. The Kier molecular flexibility index (Phi) is 6.12. The van der Waals surface area contributed by atoms with Crippen molar-refractivity contribution in [2.24, 2.45) is 5.92 Å². The molecule has 9 heteroatoms. The van der Waals surface area contributed by atoms with Gasteiger partial charge in [-0.1, -0.05) is 25.4 Å². The summed E-state index contributed by atoms with van der Waals surface area (Å²) in [6, 6.07) is 4.74. The van der Waals surface area contributed by atoms with Gasteiger partial charge in [0, 0.05) is 30.2 Å². The zero-order valence-electron chi connectivity index (χ0n) is 16.7. The fourth-order valence-corrected chi connectivity index (χ4v) is 3.81. The lowest BCUT2D eigenvalue weighted by molar-refractivity contribution is -0.138. The molecule has 8 nitrogen and oxygen atoms in total. The van der Waals surface area contributed by atoms with E-state index >= 15 is 0 Å². The Bertz CT molecular complexity index is 826. The average molecular weight is 421 g/mol. The molecule has 2 atom stereocenters. The predicted molar refractivity (Wildman–Crippen MR) is 107 cm³/mol. The molecule has 2 aliphatic rings. The maximum absolute atomic E-state index is 13.2. The van der Waals surface area contributed by atoms with Crippen molar-refractivity contribution in [2.75, 3.05) is 26.2 Å². The zero-order valence-corrected chi connectivity index (χ0v) is 17.5. The normalized spacial score (nSPS) is 20.2. The number of carbonyl (C=O) groups excluding carboxylic acids is 4. The number of piperazine rings is 1. The van der Waals surface area contributed by atoms with E-state index in [2.05, 4.69) is 5.32 Å². The summed E-state index contributed by atoms with van der Waals surface area (Å²) in [6.45, 7) is 6.52. The highest BCUT2D eigenvalue weighted by atomic mass is 35.5. The van der Waals surface area contributed by atoms with Gasteiger partial charge in [-0.05, 0) is 37.1 Å². The standard InChI is InChI=1S/C20H25ClN4O4/c1-4-24-18(27)15-11-23(9-10-25(15)20(24)29)19(28)16(12(2)3)22-17(26)13-5-7-14(21)8-6-13/h5-8,12,15-16H,4,9-11H2,1-3H3,(H,22,26). The second-order valence-corrected chi connectivity index (χ2v) is 8.00. The number of benzene rings is 1. The molecule has 2 fully saturated rings. The summed E-state index contributed by atoms with van der Waals surface area (Å²) in [5.74, 6) is -1.04. The summed E-state index contributed by atoms with van der Waals surface area (Å²) in [5, 5.41) is 3.32. The molecule has 5 amide bonds.